The van der Waals surface area contributed by atoms with Crippen LogP contribution >= 0.6 is 0 Å². The van der Waals surface area contributed by atoms with E-state index in [0.29, 0.717) is 11.5 Å². The van der Waals surface area contributed by atoms with Crippen LogP contribution in [0, 0.1) is 11.3 Å². The number of ether oxygens (including phenoxy) is 2. The van der Waals surface area contributed by atoms with Crippen molar-refractivity contribution in [2.75, 3.05) is 39.5 Å². The molecule has 11 nitrogen and oxygen atoms in total. The molecule has 12 heteroatoms. The van der Waals surface area contributed by atoms with E-state index in [9.17, 15) is 23.1 Å². The second kappa shape index (κ2) is 14.9. The minimum absolute atomic E-state index is 0.0102. The molecule has 0 aliphatic carbocycles. The SMILES string of the molecule is CC(C)CN(C[C@@H](O)C(Cc1ccccc1)N(NC(=O)CN1CCCC1)C(=O)CC(C)(C)C)S(=O)(=O)c1ccc2c(c1)OCO2. The van der Waals surface area contributed by atoms with Gasteiger partial charge in [-0.25, -0.2) is 13.4 Å². The van der Waals surface area contributed by atoms with Crippen molar-refractivity contribution in [1.82, 2.24) is 19.6 Å². The quantitative estimate of drug-likeness (QED) is 0.318. The Bertz CT molecular complexity index is 1410. The van der Waals surface area contributed by atoms with E-state index in [4.69, 9.17) is 9.47 Å². The average molecular weight is 645 g/mol. The highest BCUT2D eigenvalue weighted by atomic mass is 32.2. The van der Waals surface area contributed by atoms with Crippen LogP contribution in [-0.4, -0.2) is 91.2 Å². The standard InChI is InChI=1S/C33H48N4O7S/c1-24(2)20-36(45(41,42)26-13-14-29-30(18-26)44-23-43-29)21-28(38)27(17-25-11-7-6-8-12-25)37(32(40)19-33(3,4)5)34-31(39)22-35-15-9-10-16-35/h6-8,11-14,18,24,27-28,38H,9-10,15-17,19-23H2,1-5H3,(H,34,39)/t27?,28-/m1/s1. The second-order valence-corrected chi connectivity index (χ2v) is 15.5. The summed E-state index contributed by atoms with van der Waals surface area (Å²) in [5.41, 5.74) is 3.26. The summed E-state index contributed by atoms with van der Waals surface area (Å²) in [6, 6.07) is 12.9. The van der Waals surface area contributed by atoms with E-state index in [1.54, 1.807) is 6.07 Å². The molecule has 0 aromatic heterocycles. The van der Waals surface area contributed by atoms with Crippen molar-refractivity contribution in [2.45, 2.75) is 77.3 Å². The Morgan fingerprint density at radius 3 is 2.31 bits per heavy atom. The van der Waals surface area contributed by atoms with Crippen LogP contribution in [-0.2, 0) is 26.0 Å². The van der Waals surface area contributed by atoms with Crippen molar-refractivity contribution in [3.8, 4) is 11.5 Å². The molecule has 0 saturated carbocycles. The number of nitrogens with one attached hydrogen (secondary N) is 1. The number of hydrogen-bond donors (Lipinski definition) is 2. The largest absolute Gasteiger partial charge is 0.454 e. The third kappa shape index (κ3) is 9.65. The van der Waals surface area contributed by atoms with Gasteiger partial charge in [0.2, 0.25) is 22.7 Å². The predicted molar refractivity (Wildman–Crippen MR) is 171 cm³/mol. The number of fused-ring (bicyclic) bond motifs is 1. The Balaban J connectivity index is 1.67. The van der Waals surface area contributed by atoms with Gasteiger partial charge in [0.1, 0.15) is 0 Å². The summed E-state index contributed by atoms with van der Waals surface area (Å²) in [6.07, 6.45) is 0.989. The highest BCUT2D eigenvalue weighted by molar-refractivity contribution is 7.89. The zero-order valence-electron chi connectivity index (χ0n) is 27.1. The van der Waals surface area contributed by atoms with Crippen molar-refractivity contribution in [3.05, 3.63) is 54.1 Å². The predicted octanol–water partition coefficient (Wildman–Crippen LogP) is 3.43. The first-order valence-corrected chi connectivity index (χ1v) is 17.1. The fourth-order valence-electron chi connectivity index (χ4n) is 5.63. The molecule has 2 aliphatic rings. The number of benzene rings is 2. The zero-order chi connectivity index (χ0) is 32.8. The number of sulfonamides is 1. The summed E-state index contributed by atoms with van der Waals surface area (Å²) in [4.78, 5) is 29.2. The summed E-state index contributed by atoms with van der Waals surface area (Å²) in [5.74, 6) is 0.0304. The molecule has 4 rings (SSSR count). The van der Waals surface area contributed by atoms with Crippen LogP contribution in [0.4, 0.5) is 0 Å². The smallest absolute Gasteiger partial charge is 0.252 e. The molecule has 2 N–H and O–H groups in total. The summed E-state index contributed by atoms with van der Waals surface area (Å²) in [6.45, 7) is 11.2. The molecule has 2 aromatic rings. The van der Waals surface area contributed by atoms with Crippen molar-refractivity contribution in [3.63, 3.8) is 0 Å². The van der Waals surface area contributed by atoms with Gasteiger partial charge in [0.25, 0.3) is 5.91 Å². The number of carbonyl (C=O) groups excluding carboxylic acids is 2. The van der Waals surface area contributed by atoms with E-state index in [2.05, 4.69) is 5.43 Å². The first-order chi connectivity index (χ1) is 21.2. The van der Waals surface area contributed by atoms with Gasteiger partial charge in [-0.05, 0) is 61.4 Å². The highest BCUT2D eigenvalue weighted by Gasteiger charge is 2.37. The maximum Gasteiger partial charge on any atom is 0.252 e. The molecule has 2 amide bonds. The molecule has 0 spiro atoms. The van der Waals surface area contributed by atoms with E-state index in [1.165, 1.54) is 21.4 Å². The molecule has 1 saturated heterocycles. The number of rotatable bonds is 13. The average Bonchev–Trinajstić information content (AvgIpc) is 3.65. The summed E-state index contributed by atoms with van der Waals surface area (Å²) in [7, 11) is -4.09. The fourth-order valence-corrected chi connectivity index (χ4v) is 7.27. The fraction of sp³-hybridized carbons (Fsp3) is 0.576. The highest BCUT2D eigenvalue weighted by Crippen LogP contribution is 2.35. The van der Waals surface area contributed by atoms with Crippen LogP contribution in [0.1, 0.15) is 59.4 Å². The molecule has 0 bridgehead atoms. The number of hydrogen-bond acceptors (Lipinski definition) is 8. The number of aliphatic hydroxyl groups is 1. The lowest BCUT2D eigenvalue weighted by atomic mass is 9.91. The lowest BCUT2D eigenvalue weighted by Crippen LogP contribution is -2.60. The summed E-state index contributed by atoms with van der Waals surface area (Å²) < 4.78 is 40.0. The van der Waals surface area contributed by atoms with Crippen molar-refractivity contribution in [1.29, 1.82) is 0 Å². The minimum atomic E-state index is -4.09. The topological polar surface area (TPSA) is 129 Å². The number of aliphatic hydroxyl groups excluding tert-OH is 1. The molecular formula is C33H48N4O7S. The number of likely N-dealkylation sites (tertiary alicyclic amines) is 1. The Hall–Kier alpha value is -3.19. The monoisotopic (exact) mass is 644 g/mol. The van der Waals surface area contributed by atoms with Crippen LogP contribution < -0.4 is 14.9 Å². The van der Waals surface area contributed by atoms with Gasteiger partial charge in [0.05, 0.1) is 23.6 Å². The maximum absolute atomic E-state index is 14.0. The molecular weight excluding hydrogens is 596 g/mol. The Labute approximate surface area is 267 Å². The van der Waals surface area contributed by atoms with Crippen molar-refractivity contribution < 1.29 is 32.6 Å². The molecule has 0 radical (unpaired) electrons. The Morgan fingerprint density at radius 1 is 1.00 bits per heavy atom. The maximum atomic E-state index is 14.0. The number of nitrogens with zero attached hydrogens (tertiary/aromatic N) is 3. The van der Waals surface area contributed by atoms with Gasteiger partial charge < -0.3 is 14.6 Å². The van der Waals surface area contributed by atoms with Gasteiger partial charge >= 0.3 is 0 Å². The van der Waals surface area contributed by atoms with Crippen LogP contribution in [0.15, 0.2) is 53.4 Å². The van der Waals surface area contributed by atoms with E-state index in [1.807, 2.05) is 69.9 Å². The number of carbonyl (C=O) groups is 2. The van der Waals surface area contributed by atoms with Gasteiger partial charge in [-0.2, -0.15) is 4.31 Å². The zero-order valence-corrected chi connectivity index (χ0v) is 27.9. The lowest BCUT2D eigenvalue weighted by molar-refractivity contribution is -0.149. The van der Waals surface area contributed by atoms with Gasteiger partial charge in [-0.1, -0.05) is 65.0 Å². The second-order valence-electron chi connectivity index (χ2n) is 13.6. The molecule has 1 fully saturated rings. The van der Waals surface area contributed by atoms with Crippen molar-refractivity contribution >= 4 is 21.8 Å². The summed E-state index contributed by atoms with van der Waals surface area (Å²) in [5, 5.41) is 13.2. The molecule has 1 unspecified atom stereocenters. The number of amides is 2. The Morgan fingerprint density at radius 2 is 1.67 bits per heavy atom. The van der Waals surface area contributed by atoms with E-state index >= 15 is 0 Å². The van der Waals surface area contributed by atoms with Gasteiger partial charge in [0, 0.05) is 25.6 Å². The molecule has 2 atom stereocenters. The van der Waals surface area contributed by atoms with Gasteiger partial charge in [0.15, 0.2) is 11.5 Å². The third-order valence-electron chi connectivity index (χ3n) is 7.77. The normalized spacial score (nSPS) is 16.6. The van der Waals surface area contributed by atoms with Crippen LogP contribution in [0.25, 0.3) is 0 Å². The Kier molecular flexibility index (Phi) is 11.5. The molecule has 2 heterocycles. The van der Waals surface area contributed by atoms with E-state index < -0.39 is 27.6 Å². The molecule has 2 aromatic carbocycles. The van der Waals surface area contributed by atoms with Crippen LogP contribution in [0.5, 0.6) is 11.5 Å². The molecule has 45 heavy (non-hydrogen) atoms. The summed E-state index contributed by atoms with van der Waals surface area (Å²) >= 11 is 0. The van der Waals surface area contributed by atoms with Crippen LogP contribution in [0.3, 0.4) is 0 Å². The van der Waals surface area contributed by atoms with Crippen molar-refractivity contribution in [2.24, 2.45) is 11.3 Å². The number of hydrazine groups is 1. The lowest BCUT2D eigenvalue weighted by Gasteiger charge is -2.38. The van der Waals surface area contributed by atoms with Gasteiger partial charge in [-0.3, -0.25) is 19.9 Å². The van der Waals surface area contributed by atoms with E-state index in [0.717, 1.165) is 31.5 Å². The molecule has 2 aliphatic heterocycles. The molecule has 248 valence electrons. The van der Waals surface area contributed by atoms with Crippen LogP contribution in [0.2, 0.25) is 0 Å². The first kappa shape index (κ1) is 34.7. The van der Waals surface area contributed by atoms with E-state index in [-0.39, 0.29) is 61.9 Å². The van der Waals surface area contributed by atoms with Gasteiger partial charge in [-0.15, -0.1) is 0 Å². The third-order valence-corrected chi connectivity index (χ3v) is 9.59. The minimum Gasteiger partial charge on any atom is -0.454 e. The first-order valence-electron chi connectivity index (χ1n) is 15.7.